The summed E-state index contributed by atoms with van der Waals surface area (Å²) in [5, 5.41) is 10.7. The van der Waals surface area contributed by atoms with Crippen molar-refractivity contribution >= 4 is 11.8 Å². The van der Waals surface area contributed by atoms with Gasteiger partial charge >= 0.3 is 6.09 Å². The number of carbonyl (C=O) groups is 1. The topological polar surface area (TPSA) is 49.3 Å². The molecule has 1 aromatic carbocycles. The number of hydrogen-bond acceptors (Lipinski definition) is 1. The number of terminal acetylenes is 2. The highest BCUT2D eigenvalue weighted by Crippen LogP contribution is 2.18. The summed E-state index contributed by atoms with van der Waals surface area (Å²) < 4.78 is 0. The maximum absolute atomic E-state index is 10.4. The first-order chi connectivity index (χ1) is 6.69. The van der Waals surface area contributed by atoms with E-state index in [1.165, 1.54) is 0 Å². The third kappa shape index (κ3) is 1.85. The van der Waals surface area contributed by atoms with E-state index in [1.807, 2.05) is 0 Å². The van der Waals surface area contributed by atoms with Gasteiger partial charge in [0.2, 0.25) is 0 Å². The Balaban J connectivity index is 3.25. The molecule has 3 heteroatoms. The lowest BCUT2D eigenvalue weighted by Gasteiger charge is -2.05. The molecule has 0 aromatic heterocycles. The highest BCUT2D eigenvalue weighted by atomic mass is 16.4. The molecule has 0 bridgehead atoms. The normalized spacial score (nSPS) is 8.43. The second-order valence-corrected chi connectivity index (χ2v) is 2.45. The summed E-state index contributed by atoms with van der Waals surface area (Å²) >= 11 is 0. The molecule has 14 heavy (non-hydrogen) atoms. The van der Waals surface area contributed by atoms with Gasteiger partial charge in [-0.3, -0.25) is 5.32 Å². The van der Waals surface area contributed by atoms with Crippen molar-refractivity contribution in [1.29, 1.82) is 0 Å². The van der Waals surface area contributed by atoms with Crippen LogP contribution in [0.2, 0.25) is 0 Å². The first-order valence-electron chi connectivity index (χ1n) is 3.75. The van der Waals surface area contributed by atoms with Crippen LogP contribution in [0.25, 0.3) is 0 Å². The van der Waals surface area contributed by atoms with Crippen LogP contribution in [0.4, 0.5) is 10.5 Å². The molecule has 1 amide bonds. The van der Waals surface area contributed by atoms with Gasteiger partial charge in [-0.05, 0) is 12.1 Å². The van der Waals surface area contributed by atoms with Crippen LogP contribution < -0.4 is 5.32 Å². The van der Waals surface area contributed by atoms with Crippen molar-refractivity contribution in [3.05, 3.63) is 29.3 Å². The van der Waals surface area contributed by atoms with Crippen LogP contribution in [-0.2, 0) is 0 Å². The zero-order valence-electron chi connectivity index (χ0n) is 7.24. The predicted octanol–water partition coefficient (Wildman–Crippen LogP) is 1.74. The van der Waals surface area contributed by atoms with Gasteiger partial charge in [0, 0.05) is 5.56 Å². The molecule has 0 heterocycles. The second kappa shape index (κ2) is 4.02. The molecular formula is C11H7NO2. The Morgan fingerprint density at radius 2 is 2.07 bits per heavy atom. The van der Waals surface area contributed by atoms with E-state index in [9.17, 15) is 4.79 Å². The van der Waals surface area contributed by atoms with Crippen LogP contribution in [0.15, 0.2) is 18.2 Å². The highest BCUT2D eigenvalue weighted by molar-refractivity contribution is 5.86. The summed E-state index contributed by atoms with van der Waals surface area (Å²) in [6.07, 6.45) is 9.26. The fourth-order valence-corrected chi connectivity index (χ4v) is 1.05. The van der Waals surface area contributed by atoms with Crippen LogP contribution in [0.5, 0.6) is 0 Å². The minimum absolute atomic E-state index is 0.329. The second-order valence-electron chi connectivity index (χ2n) is 2.45. The van der Waals surface area contributed by atoms with Crippen molar-refractivity contribution in [2.24, 2.45) is 0 Å². The third-order valence-electron chi connectivity index (χ3n) is 1.61. The van der Waals surface area contributed by atoms with E-state index in [0.717, 1.165) is 0 Å². The predicted molar refractivity (Wildman–Crippen MR) is 54.0 cm³/mol. The minimum Gasteiger partial charge on any atom is -0.465 e. The Labute approximate surface area is 81.8 Å². The van der Waals surface area contributed by atoms with Crippen LogP contribution in [-0.4, -0.2) is 11.2 Å². The van der Waals surface area contributed by atoms with Crippen molar-refractivity contribution in [1.82, 2.24) is 0 Å². The molecular weight excluding hydrogens is 178 g/mol. The molecule has 0 aliphatic rings. The van der Waals surface area contributed by atoms with E-state index in [0.29, 0.717) is 16.8 Å². The van der Waals surface area contributed by atoms with E-state index in [-0.39, 0.29) is 0 Å². The van der Waals surface area contributed by atoms with Gasteiger partial charge in [-0.15, -0.1) is 12.8 Å². The fourth-order valence-electron chi connectivity index (χ4n) is 1.05. The third-order valence-corrected chi connectivity index (χ3v) is 1.61. The summed E-state index contributed by atoms with van der Waals surface area (Å²) in [4.78, 5) is 10.4. The number of amides is 1. The average Bonchev–Trinajstić information content (AvgIpc) is 2.16. The van der Waals surface area contributed by atoms with E-state index in [4.69, 9.17) is 18.0 Å². The number of rotatable bonds is 1. The Hall–Kier alpha value is -2.39. The zero-order valence-corrected chi connectivity index (χ0v) is 7.24. The maximum Gasteiger partial charge on any atom is 0.409 e. The lowest BCUT2D eigenvalue weighted by molar-refractivity contribution is 0.209. The van der Waals surface area contributed by atoms with Crippen molar-refractivity contribution in [2.75, 3.05) is 5.32 Å². The number of benzene rings is 1. The number of hydrogen-bond donors (Lipinski definition) is 2. The van der Waals surface area contributed by atoms with Gasteiger partial charge in [0.05, 0.1) is 11.3 Å². The monoisotopic (exact) mass is 185 g/mol. The summed E-state index contributed by atoms with van der Waals surface area (Å²) in [7, 11) is 0. The van der Waals surface area contributed by atoms with E-state index in [2.05, 4.69) is 17.2 Å². The zero-order chi connectivity index (χ0) is 10.6. The SMILES string of the molecule is C#Cc1cccc(NC(=O)O)c1C#C. The Bertz CT molecular complexity index is 449. The standard InChI is InChI=1S/C11H7NO2/c1-3-8-6-5-7-10(9(8)4-2)12-11(13)14/h1-2,5-7,12H,(H,13,14). The molecule has 0 saturated heterocycles. The van der Waals surface area contributed by atoms with Crippen molar-refractivity contribution in [3.63, 3.8) is 0 Å². The van der Waals surface area contributed by atoms with E-state index in [1.54, 1.807) is 18.2 Å². The highest BCUT2D eigenvalue weighted by Gasteiger charge is 2.06. The summed E-state index contributed by atoms with van der Waals surface area (Å²) in [5.41, 5.74) is 1.21. The molecule has 0 radical (unpaired) electrons. The van der Waals surface area contributed by atoms with Crippen molar-refractivity contribution in [3.8, 4) is 24.7 Å². The summed E-state index contributed by atoms with van der Waals surface area (Å²) in [6, 6.07) is 4.85. The summed E-state index contributed by atoms with van der Waals surface area (Å²) in [6.45, 7) is 0. The Morgan fingerprint density at radius 3 is 2.57 bits per heavy atom. The van der Waals surface area contributed by atoms with Crippen LogP contribution in [0.3, 0.4) is 0 Å². The van der Waals surface area contributed by atoms with Gasteiger partial charge in [0.1, 0.15) is 0 Å². The van der Waals surface area contributed by atoms with Crippen molar-refractivity contribution < 1.29 is 9.90 Å². The van der Waals surface area contributed by atoms with Gasteiger partial charge < -0.3 is 5.11 Å². The number of anilines is 1. The minimum atomic E-state index is -1.17. The number of nitrogens with one attached hydrogen (secondary N) is 1. The molecule has 1 aromatic rings. The van der Waals surface area contributed by atoms with Crippen LogP contribution in [0, 0.1) is 24.7 Å². The number of carboxylic acid groups (broad SMARTS) is 1. The van der Waals surface area contributed by atoms with E-state index >= 15 is 0 Å². The molecule has 0 aliphatic heterocycles. The molecule has 0 fully saturated rings. The van der Waals surface area contributed by atoms with Gasteiger partial charge in [-0.2, -0.15) is 0 Å². The molecule has 0 spiro atoms. The quantitative estimate of drug-likeness (QED) is 0.655. The maximum atomic E-state index is 10.4. The molecule has 68 valence electrons. The first-order valence-corrected chi connectivity index (χ1v) is 3.75. The van der Waals surface area contributed by atoms with E-state index < -0.39 is 6.09 Å². The molecule has 0 atom stereocenters. The van der Waals surface area contributed by atoms with Crippen LogP contribution >= 0.6 is 0 Å². The molecule has 1 rings (SSSR count). The fraction of sp³-hybridized carbons (Fsp3) is 0. The molecule has 2 N–H and O–H groups in total. The molecule has 0 unspecified atom stereocenters. The molecule has 0 saturated carbocycles. The van der Waals surface area contributed by atoms with Gasteiger partial charge in [0.25, 0.3) is 0 Å². The van der Waals surface area contributed by atoms with Crippen LogP contribution in [0.1, 0.15) is 11.1 Å². The first kappa shape index (κ1) is 9.70. The lowest BCUT2D eigenvalue weighted by Crippen LogP contribution is -2.09. The lowest BCUT2D eigenvalue weighted by atomic mass is 10.1. The van der Waals surface area contributed by atoms with Gasteiger partial charge in [0.15, 0.2) is 0 Å². The largest absolute Gasteiger partial charge is 0.465 e. The average molecular weight is 185 g/mol. The van der Waals surface area contributed by atoms with Crippen molar-refractivity contribution in [2.45, 2.75) is 0 Å². The van der Waals surface area contributed by atoms with Gasteiger partial charge in [-0.25, -0.2) is 4.79 Å². The van der Waals surface area contributed by atoms with Gasteiger partial charge in [-0.1, -0.05) is 17.9 Å². The molecule has 3 nitrogen and oxygen atoms in total. The molecule has 0 aliphatic carbocycles. The Morgan fingerprint density at radius 1 is 1.36 bits per heavy atom. The summed E-state index contributed by atoms with van der Waals surface area (Å²) in [5.74, 6) is 4.74. The smallest absolute Gasteiger partial charge is 0.409 e. The Kier molecular flexibility index (Phi) is 2.79.